The number of methoxy groups -OCH3 is 1. The second-order valence-electron chi connectivity index (χ2n) is 7.41. The van der Waals surface area contributed by atoms with E-state index in [1.807, 2.05) is 24.3 Å². The van der Waals surface area contributed by atoms with Crippen LogP contribution >= 0.6 is 0 Å². The van der Waals surface area contributed by atoms with E-state index in [1.54, 1.807) is 7.11 Å². The minimum absolute atomic E-state index is 0.164. The van der Waals surface area contributed by atoms with E-state index >= 15 is 0 Å². The molecule has 0 heterocycles. The molecule has 0 spiro atoms. The van der Waals surface area contributed by atoms with Gasteiger partial charge in [0.2, 0.25) is 0 Å². The molecular formula is C18H32O4Si. The summed E-state index contributed by atoms with van der Waals surface area (Å²) in [6.45, 7) is 12.4. The van der Waals surface area contributed by atoms with Crippen molar-refractivity contribution in [2.75, 3.05) is 20.3 Å². The second-order valence-corrected chi connectivity index (χ2v) is 12.2. The van der Waals surface area contributed by atoms with Crippen LogP contribution in [0.3, 0.4) is 0 Å². The SMILES string of the molecule is COc1ccc(COCC[C@@H](O)CO[Si](C)(C)C(C)(C)C)cc1. The van der Waals surface area contributed by atoms with E-state index in [9.17, 15) is 5.11 Å². The molecule has 0 bridgehead atoms. The highest BCUT2D eigenvalue weighted by molar-refractivity contribution is 6.74. The zero-order valence-corrected chi connectivity index (χ0v) is 16.4. The molecule has 1 atom stereocenters. The molecule has 0 saturated heterocycles. The van der Waals surface area contributed by atoms with Crippen molar-refractivity contribution in [2.24, 2.45) is 0 Å². The number of ether oxygens (including phenoxy) is 2. The number of aliphatic hydroxyl groups is 1. The lowest BCUT2D eigenvalue weighted by Gasteiger charge is -2.36. The summed E-state index contributed by atoms with van der Waals surface area (Å²) in [5.74, 6) is 0.840. The molecule has 0 amide bonds. The molecule has 0 fully saturated rings. The lowest BCUT2D eigenvalue weighted by atomic mass is 10.2. The molecule has 1 aromatic rings. The minimum atomic E-state index is -1.79. The van der Waals surface area contributed by atoms with Crippen molar-refractivity contribution in [1.82, 2.24) is 0 Å². The maximum Gasteiger partial charge on any atom is 0.192 e. The maximum atomic E-state index is 10.0. The first kappa shape index (κ1) is 20.2. The normalized spacial score (nSPS) is 13.9. The summed E-state index contributed by atoms with van der Waals surface area (Å²) in [5, 5.41) is 10.2. The average molecular weight is 341 g/mol. The minimum Gasteiger partial charge on any atom is -0.497 e. The molecule has 5 heteroatoms. The predicted octanol–water partition coefficient (Wildman–Crippen LogP) is 3.98. The molecule has 0 aliphatic rings. The average Bonchev–Trinajstić information content (AvgIpc) is 2.49. The van der Waals surface area contributed by atoms with Crippen molar-refractivity contribution < 1.29 is 19.0 Å². The van der Waals surface area contributed by atoms with Gasteiger partial charge in [-0.3, -0.25) is 0 Å². The summed E-state index contributed by atoms with van der Waals surface area (Å²) >= 11 is 0. The number of hydrogen-bond donors (Lipinski definition) is 1. The van der Waals surface area contributed by atoms with E-state index in [-0.39, 0.29) is 5.04 Å². The highest BCUT2D eigenvalue weighted by Gasteiger charge is 2.37. The molecule has 1 rings (SSSR count). The van der Waals surface area contributed by atoms with E-state index in [0.29, 0.717) is 26.2 Å². The fourth-order valence-electron chi connectivity index (χ4n) is 1.74. The summed E-state index contributed by atoms with van der Waals surface area (Å²) < 4.78 is 16.8. The van der Waals surface area contributed by atoms with Crippen LogP contribution in [0.5, 0.6) is 5.75 Å². The van der Waals surface area contributed by atoms with E-state index < -0.39 is 14.4 Å². The molecule has 0 aliphatic heterocycles. The Labute approximate surface area is 141 Å². The Morgan fingerprint density at radius 1 is 1.13 bits per heavy atom. The third-order valence-electron chi connectivity index (χ3n) is 4.47. The Kier molecular flexibility index (Phi) is 7.74. The number of hydrogen-bond acceptors (Lipinski definition) is 4. The van der Waals surface area contributed by atoms with Gasteiger partial charge in [0.1, 0.15) is 5.75 Å². The second kappa shape index (κ2) is 8.83. The zero-order valence-electron chi connectivity index (χ0n) is 15.4. The summed E-state index contributed by atoms with van der Waals surface area (Å²) in [4.78, 5) is 0. The van der Waals surface area contributed by atoms with Crippen molar-refractivity contribution in [3.05, 3.63) is 29.8 Å². The van der Waals surface area contributed by atoms with Gasteiger partial charge in [0.25, 0.3) is 0 Å². The Morgan fingerprint density at radius 3 is 2.26 bits per heavy atom. The van der Waals surface area contributed by atoms with Crippen LogP contribution in [0.15, 0.2) is 24.3 Å². The van der Waals surface area contributed by atoms with Gasteiger partial charge in [0.05, 0.1) is 26.4 Å². The van der Waals surface area contributed by atoms with Crippen molar-refractivity contribution in [2.45, 2.75) is 58.0 Å². The Morgan fingerprint density at radius 2 is 1.74 bits per heavy atom. The van der Waals surface area contributed by atoms with Crippen molar-refractivity contribution in [1.29, 1.82) is 0 Å². The Hall–Kier alpha value is -0.883. The van der Waals surface area contributed by atoms with Gasteiger partial charge in [0.15, 0.2) is 8.32 Å². The van der Waals surface area contributed by atoms with Gasteiger partial charge in [-0.15, -0.1) is 0 Å². The van der Waals surface area contributed by atoms with Crippen LogP contribution in [0.2, 0.25) is 18.1 Å². The molecule has 1 N–H and O–H groups in total. The van der Waals surface area contributed by atoms with Crippen LogP contribution < -0.4 is 4.74 Å². The lowest BCUT2D eigenvalue weighted by Crippen LogP contribution is -2.42. The van der Waals surface area contributed by atoms with E-state index in [2.05, 4.69) is 33.9 Å². The van der Waals surface area contributed by atoms with Gasteiger partial charge in [-0.25, -0.2) is 0 Å². The highest BCUT2D eigenvalue weighted by atomic mass is 28.4. The molecule has 1 aromatic carbocycles. The van der Waals surface area contributed by atoms with Crippen LogP contribution in [-0.4, -0.2) is 39.9 Å². The van der Waals surface area contributed by atoms with Crippen LogP contribution in [0, 0.1) is 0 Å². The molecule has 0 aromatic heterocycles. The monoisotopic (exact) mass is 340 g/mol. The van der Waals surface area contributed by atoms with Gasteiger partial charge in [0, 0.05) is 6.61 Å². The molecular weight excluding hydrogens is 308 g/mol. The van der Waals surface area contributed by atoms with Gasteiger partial charge in [-0.05, 0) is 42.2 Å². The molecule has 0 radical (unpaired) electrons. The highest BCUT2D eigenvalue weighted by Crippen LogP contribution is 2.36. The number of rotatable bonds is 9. The van der Waals surface area contributed by atoms with Crippen LogP contribution in [-0.2, 0) is 15.8 Å². The fourth-order valence-corrected chi connectivity index (χ4v) is 2.78. The van der Waals surface area contributed by atoms with Gasteiger partial charge >= 0.3 is 0 Å². The third kappa shape index (κ3) is 7.04. The maximum absolute atomic E-state index is 10.0. The van der Waals surface area contributed by atoms with Crippen molar-refractivity contribution in [3.63, 3.8) is 0 Å². The molecule has 0 saturated carbocycles. The van der Waals surface area contributed by atoms with Crippen molar-refractivity contribution >= 4 is 8.32 Å². The standard InChI is InChI=1S/C18H32O4Si/c1-18(2,3)23(5,6)22-14-16(19)11-12-21-13-15-7-9-17(20-4)10-8-15/h7-10,16,19H,11-14H2,1-6H3/t16-/m1/s1. The summed E-state index contributed by atoms with van der Waals surface area (Å²) in [5.41, 5.74) is 1.10. The van der Waals surface area contributed by atoms with Crippen molar-refractivity contribution in [3.8, 4) is 5.75 Å². The largest absolute Gasteiger partial charge is 0.497 e. The van der Waals surface area contributed by atoms with E-state index in [1.165, 1.54) is 0 Å². The quantitative estimate of drug-likeness (QED) is 0.545. The Balaban J connectivity index is 2.22. The zero-order chi connectivity index (χ0) is 17.5. The molecule has 0 unspecified atom stereocenters. The first-order valence-electron chi connectivity index (χ1n) is 8.18. The molecule has 0 aliphatic carbocycles. The first-order chi connectivity index (χ1) is 10.7. The summed E-state index contributed by atoms with van der Waals surface area (Å²) in [6.07, 6.45) is 0.116. The van der Waals surface area contributed by atoms with Gasteiger partial charge in [-0.2, -0.15) is 0 Å². The Bertz CT molecular complexity index is 451. The van der Waals surface area contributed by atoms with Crippen LogP contribution in [0.1, 0.15) is 32.8 Å². The van der Waals surface area contributed by atoms with Crippen LogP contribution in [0.25, 0.3) is 0 Å². The van der Waals surface area contributed by atoms with Gasteiger partial charge in [-0.1, -0.05) is 32.9 Å². The summed E-state index contributed by atoms with van der Waals surface area (Å²) in [7, 11) is -0.138. The molecule has 23 heavy (non-hydrogen) atoms. The number of aliphatic hydroxyl groups excluding tert-OH is 1. The molecule has 4 nitrogen and oxygen atoms in total. The van der Waals surface area contributed by atoms with E-state index in [0.717, 1.165) is 11.3 Å². The first-order valence-corrected chi connectivity index (χ1v) is 11.1. The van der Waals surface area contributed by atoms with Gasteiger partial charge < -0.3 is 19.0 Å². The van der Waals surface area contributed by atoms with Crippen LogP contribution in [0.4, 0.5) is 0 Å². The van der Waals surface area contributed by atoms with E-state index in [4.69, 9.17) is 13.9 Å². The predicted molar refractivity (Wildman–Crippen MR) is 96.4 cm³/mol. The third-order valence-corrected chi connectivity index (χ3v) is 8.97. The summed E-state index contributed by atoms with van der Waals surface area (Å²) in [6, 6.07) is 7.80. The topological polar surface area (TPSA) is 47.9 Å². The lowest BCUT2D eigenvalue weighted by molar-refractivity contribution is 0.0464. The smallest absolute Gasteiger partial charge is 0.192 e. The number of benzene rings is 1. The fraction of sp³-hybridized carbons (Fsp3) is 0.667. The molecule has 132 valence electrons.